The number of aryl methyl sites for hydroxylation is 1. The number of H-pyrrole nitrogens is 1. The van der Waals surface area contributed by atoms with Crippen LogP contribution in [-0.2, 0) is 13.6 Å². The van der Waals surface area contributed by atoms with E-state index in [0.717, 1.165) is 0 Å². The van der Waals surface area contributed by atoms with Gasteiger partial charge in [-0.25, -0.2) is 4.79 Å². The van der Waals surface area contributed by atoms with Crippen molar-refractivity contribution in [2.24, 2.45) is 7.05 Å². The number of hydrogen-bond acceptors (Lipinski definition) is 6. The van der Waals surface area contributed by atoms with Crippen molar-refractivity contribution in [1.29, 1.82) is 0 Å². The summed E-state index contributed by atoms with van der Waals surface area (Å²) in [6.45, 7) is 1.64. The quantitative estimate of drug-likeness (QED) is 0.538. The minimum atomic E-state index is -0.657. The summed E-state index contributed by atoms with van der Waals surface area (Å²) < 4.78 is 2.62. The van der Waals surface area contributed by atoms with E-state index in [1.165, 1.54) is 16.2 Å². The third kappa shape index (κ3) is 3.29. The van der Waals surface area contributed by atoms with Gasteiger partial charge in [0.15, 0.2) is 16.9 Å². The van der Waals surface area contributed by atoms with Gasteiger partial charge in [-0.15, -0.1) is 0 Å². The van der Waals surface area contributed by atoms with Crippen molar-refractivity contribution in [1.82, 2.24) is 19.1 Å². The van der Waals surface area contributed by atoms with Crippen molar-refractivity contribution in [2.75, 3.05) is 11.9 Å². The van der Waals surface area contributed by atoms with Gasteiger partial charge in [-0.2, -0.15) is 4.98 Å². The third-order valence-corrected chi connectivity index (χ3v) is 3.96. The summed E-state index contributed by atoms with van der Waals surface area (Å²) in [5.41, 5.74) is -0.445. The number of hydrogen-bond donors (Lipinski definition) is 3. The average Bonchev–Trinajstić information content (AvgIpc) is 2.97. The lowest BCUT2D eigenvalue weighted by atomic mass is 10.1. The number of aromatic nitrogens is 4. The number of imidazole rings is 1. The summed E-state index contributed by atoms with van der Waals surface area (Å²) >= 11 is 0. The number of nitrogens with one attached hydrogen (secondary N) is 2. The van der Waals surface area contributed by atoms with E-state index in [9.17, 15) is 19.5 Å². The monoisotopic (exact) mass is 357 g/mol. The van der Waals surface area contributed by atoms with Crippen LogP contribution in [0.25, 0.3) is 11.2 Å². The van der Waals surface area contributed by atoms with Crippen molar-refractivity contribution >= 4 is 22.9 Å². The van der Waals surface area contributed by atoms with Gasteiger partial charge in [-0.1, -0.05) is 30.3 Å². The fourth-order valence-electron chi connectivity index (χ4n) is 2.62. The van der Waals surface area contributed by atoms with Gasteiger partial charge in [0.1, 0.15) is 0 Å². The van der Waals surface area contributed by atoms with E-state index < -0.39 is 17.4 Å². The molecule has 0 spiro atoms. The third-order valence-electron chi connectivity index (χ3n) is 3.96. The molecule has 0 saturated heterocycles. The molecule has 2 heterocycles. The van der Waals surface area contributed by atoms with Crippen LogP contribution in [-0.4, -0.2) is 42.6 Å². The Morgan fingerprint density at radius 2 is 2.00 bits per heavy atom. The molecule has 0 saturated carbocycles. The Labute approximate surface area is 147 Å². The number of benzene rings is 1. The highest BCUT2D eigenvalue weighted by molar-refractivity contribution is 5.96. The van der Waals surface area contributed by atoms with Crippen LogP contribution < -0.4 is 16.6 Å². The number of carbonyl (C=O) groups excluding carboxylic acids is 1. The first-order valence-electron chi connectivity index (χ1n) is 8.08. The molecule has 0 aliphatic rings. The van der Waals surface area contributed by atoms with Crippen molar-refractivity contribution in [2.45, 2.75) is 19.6 Å². The normalized spacial score (nSPS) is 12.3. The van der Waals surface area contributed by atoms with Crippen molar-refractivity contribution in [3.8, 4) is 0 Å². The van der Waals surface area contributed by atoms with Gasteiger partial charge < -0.3 is 10.4 Å². The number of Topliss-reactive ketones (excluding diaryl/α,β-unsaturated/α-hetero) is 1. The number of nitrogens with zero attached hydrogens (tertiary/aromatic N) is 3. The molecule has 9 heteroatoms. The first kappa shape index (κ1) is 17.6. The second kappa shape index (κ2) is 6.96. The number of aromatic amines is 1. The molecule has 1 unspecified atom stereocenters. The Kier molecular flexibility index (Phi) is 4.72. The Morgan fingerprint density at radius 1 is 1.31 bits per heavy atom. The van der Waals surface area contributed by atoms with Gasteiger partial charge in [0.2, 0.25) is 5.95 Å². The Hall–Kier alpha value is -3.20. The topological polar surface area (TPSA) is 122 Å². The minimum absolute atomic E-state index is 0.115. The number of fused-ring (bicyclic) bond motifs is 1. The molecule has 1 atom stereocenters. The highest BCUT2D eigenvalue weighted by Gasteiger charge is 2.20. The molecule has 0 fully saturated rings. The fraction of sp³-hybridized carbons (Fsp3) is 0.294. The Morgan fingerprint density at radius 3 is 2.65 bits per heavy atom. The number of carbonyl (C=O) groups is 1. The van der Waals surface area contributed by atoms with Gasteiger partial charge in [-0.3, -0.25) is 23.7 Å². The second-order valence-corrected chi connectivity index (χ2v) is 6.03. The van der Waals surface area contributed by atoms with E-state index in [-0.39, 0.29) is 36.0 Å². The first-order valence-corrected chi connectivity index (χ1v) is 8.08. The van der Waals surface area contributed by atoms with Crippen LogP contribution in [0.2, 0.25) is 0 Å². The Bertz CT molecular complexity index is 1060. The standard InChI is InChI=1S/C17H19N5O4/c1-10(23)8-18-16-19-14-13(15(25)20-17(26)21(14)2)22(16)9-12(24)11-6-4-3-5-7-11/h3-7,10,23H,8-9H2,1-2H3,(H,18,19)(H,20,25,26). The molecule has 3 aromatic rings. The van der Waals surface area contributed by atoms with Gasteiger partial charge >= 0.3 is 5.69 Å². The molecule has 0 bridgehead atoms. The van der Waals surface area contributed by atoms with E-state index in [0.29, 0.717) is 5.56 Å². The SMILES string of the molecule is CC(O)CNc1nc2c(c(=O)[nH]c(=O)n2C)n1CC(=O)c1ccccc1. The molecule has 1 aromatic carbocycles. The summed E-state index contributed by atoms with van der Waals surface area (Å²) in [6, 6.07) is 8.68. The molecule has 0 radical (unpaired) electrons. The van der Waals surface area contributed by atoms with Crippen LogP contribution in [0.5, 0.6) is 0 Å². The molecule has 26 heavy (non-hydrogen) atoms. The smallest absolute Gasteiger partial charge is 0.329 e. The zero-order valence-corrected chi connectivity index (χ0v) is 14.4. The van der Waals surface area contributed by atoms with Crippen molar-refractivity contribution < 1.29 is 9.90 Å². The van der Waals surface area contributed by atoms with Crippen LogP contribution in [0.4, 0.5) is 5.95 Å². The van der Waals surface area contributed by atoms with Gasteiger partial charge in [0.25, 0.3) is 5.56 Å². The zero-order valence-electron chi connectivity index (χ0n) is 14.4. The van der Waals surface area contributed by atoms with E-state index in [1.807, 2.05) is 0 Å². The van der Waals surface area contributed by atoms with E-state index in [1.54, 1.807) is 37.3 Å². The number of rotatable bonds is 6. The highest BCUT2D eigenvalue weighted by Crippen LogP contribution is 2.16. The molecular formula is C17H19N5O4. The number of aliphatic hydroxyl groups excluding tert-OH is 1. The van der Waals surface area contributed by atoms with Crippen LogP contribution in [0.3, 0.4) is 0 Å². The molecule has 2 aromatic heterocycles. The number of anilines is 1. The molecule has 3 N–H and O–H groups in total. The molecule has 3 rings (SSSR count). The maximum atomic E-state index is 12.6. The first-order chi connectivity index (χ1) is 12.4. The maximum Gasteiger partial charge on any atom is 0.329 e. The van der Waals surface area contributed by atoms with Crippen LogP contribution >= 0.6 is 0 Å². The van der Waals surface area contributed by atoms with Gasteiger partial charge in [-0.05, 0) is 6.92 Å². The zero-order chi connectivity index (χ0) is 18.8. The van der Waals surface area contributed by atoms with Crippen molar-refractivity contribution in [3.63, 3.8) is 0 Å². The van der Waals surface area contributed by atoms with E-state index >= 15 is 0 Å². The summed E-state index contributed by atoms with van der Waals surface area (Å²) in [4.78, 5) is 43.2. The van der Waals surface area contributed by atoms with E-state index in [2.05, 4.69) is 15.3 Å². The predicted molar refractivity (Wildman–Crippen MR) is 96.5 cm³/mol. The minimum Gasteiger partial charge on any atom is -0.392 e. The predicted octanol–water partition coefficient (Wildman–Crippen LogP) is 0.0989. The lowest BCUT2D eigenvalue weighted by molar-refractivity contribution is 0.0974. The van der Waals surface area contributed by atoms with Crippen LogP contribution in [0.15, 0.2) is 39.9 Å². The average molecular weight is 357 g/mol. The number of aliphatic hydroxyl groups is 1. The molecule has 136 valence electrons. The molecule has 0 aliphatic carbocycles. The lowest BCUT2D eigenvalue weighted by Gasteiger charge is -2.11. The summed E-state index contributed by atoms with van der Waals surface area (Å²) in [6.07, 6.45) is -0.657. The second-order valence-electron chi connectivity index (χ2n) is 6.03. The van der Waals surface area contributed by atoms with Gasteiger partial charge in [0, 0.05) is 19.2 Å². The summed E-state index contributed by atoms with van der Waals surface area (Å²) in [5.74, 6) is 0.0233. The largest absolute Gasteiger partial charge is 0.392 e. The summed E-state index contributed by atoms with van der Waals surface area (Å²) in [5, 5.41) is 12.4. The molecule has 0 aliphatic heterocycles. The molecular weight excluding hydrogens is 338 g/mol. The van der Waals surface area contributed by atoms with Crippen LogP contribution in [0, 0.1) is 0 Å². The van der Waals surface area contributed by atoms with E-state index in [4.69, 9.17) is 0 Å². The summed E-state index contributed by atoms with van der Waals surface area (Å²) in [7, 11) is 1.48. The highest BCUT2D eigenvalue weighted by atomic mass is 16.3. The number of ketones is 1. The maximum absolute atomic E-state index is 12.6. The molecule has 0 amide bonds. The fourth-order valence-corrected chi connectivity index (χ4v) is 2.62. The lowest BCUT2D eigenvalue weighted by Crippen LogP contribution is -2.29. The Balaban J connectivity index is 2.13. The van der Waals surface area contributed by atoms with Gasteiger partial charge in [0.05, 0.1) is 12.6 Å². The molecule has 9 nitrogen and oxygen atoms in total. The van der Waals surface area contributed by atoms with Crippen molar-refractivity contribution in [3.05, 3.63) is 56.7 Å². The van der Waals surface area contributed by atoms with Crippen LogP contribution in [0.1, 0.15) is 17.3 Å².